The molecule has 1 fully saturated rings. The molecule has 3 heteroatoms. The summed E-state index contributed by atoms with van der Waals surface area (Å²) in [4.78, 5) is 4.11. The van der Waals surface area contributed by atoms with Gasteiger partial charge in [-0.3, -0.25) is 0 Å². The van der Waals surface area contributed by atoms with E-state index in [0.717, 1.165) is 13.1 Å². The van der Waals surface area contributed by atoms with Gasteiger partial charge in [0.2, 0.25) is 0 Å². The van der Waals surface area contributed by atoms with Crippen LogP contribution in [-0.2, 0) is 6.42 Å². The van der Waals surface area contributed by atoms with Gasteiger partial charge in [-0.05, 0) is 49.2 Å². The van der Waals surface area contributed by atoms with Gasteiger partial charge in [0.15, 0.2) is 0 Å². The lowest BCUT2D eigenvalue weighted by Crippen LogP contribution is -2.41. The smallest absolute Gasteiger partial charge is 0.0107 e. The van der Waals surface area contributed by atoms with E-state index in [2.05, 4.69) is 41.6 Å². The molecule has 0 bridgehead atoms. The molecular formula is C16H28N2S. The summed E-state index contributed by atoms with van der Waals surface area (Å²) in [6, 6.07) is 4.36. The first-order chi connectivity index (χ1) is 9.22. The van der Waals surface area contributed by atoms with Gasteiger partial charge in [0, 0.05) is 24.5 Å². The Morgan fingerprint density at radius 1 is 1.32 bits per heavy atom. The predicted molar refractivity (Wildman–Crippen MR) is 85.0 cm³/mol. The van der Waals surface area contributed by atoms with Gasteiger partial charge in [-0.25, -0.2) is 0 Å². The molecule has 1 N–H and O–H groups in total. The fourth-order valence-corrected chi connectivity index (χ4v) is 3.41. The lowest BCUT2D eigenvalue weighted by molar-refractivity contribution is 0.115. The minimum atomic E-state index is 0.614. The molecule has 1 saturated heterocycles. The molecule has 0 amide bonds. The molecule has 108 valence electrons. The third-order valence-electron chi connectivity index (χ3n) is 4.65. The maximum absolute atomic E-state index is 3.57. The van der Waals surface area contributed by atoms with Crippen molar-refractivity contribution in [1.29, 1.82) is 0 Å². The Labute approximate surface area is 122 Å². The summed E-state index contributed by atoms with van der Waals surface area (Å²) in [5.74, 6) is 0. The molecule has 2 rings (SSSR count). The van der Waals surface area contributed by atoms with E-state index in [1.54, 1.807) is 0 Å². The maximum Gasteiger partial charge on any atom is 0.0107 e. The zero-order valence-electron chi connectivity index (χ0n) is 12.5. The normalized spacial score (nSPS) is 19.7. The lowest BCUT2D eigenvalue weighted by Gasteiger charge is -2.38. The summed E-state index contributed by atoms with van der Waals surface area (Å²) in [7, 11) is 0. The van der Waals surface area contributed by atoms with Crippen molar-refractivity contribution in [3.63, 3.8) is 0 Å². The standard InChI is InChI=1S/C16H28N2S/c1-3-16(2)7-11-18(12-8-16)13-10-17-9-6-15-5-4-14-19-15/h4-5,14,17H,3,6-13H2,1-2H3. The van der Waals surface area contributed by atoms with Crippen LogP contribution in [0, 0.1) is 5.41 Å². The average molecular weight is 280 g/mol. The van der Waals surface area contributed by atoms with Crippen LogP contribution in [0.4, 0.5) is 0 Å². The second kappa shape index (κ2) is 7.41. The van der Waals surface area contributed by atoms with Crippen LogP contribution in [0.25, 0.3) is 0 Å². The molecule has 1 aliphatic rings. The molecule has 0 spiro atoms. The minimum Gasteiger partial charge on any atom is -0.315 e. The van der Waals surface area contributed by atoms with Crippen molar-refractivity contribution in [2.75, 3.05) is 32.7 Å². The van der Waals surface area contributed by atoms with Crippen molar-refractivity contribution in [2.24, 2.45) is 5.41 Å². The van der Waals surface area contributed by atoms with Crippen LogP contribution in [0.15, 0.2) is 17.5 Å². The molecule has 1 aromatic rings. The summed E-state index contributed by atoms with van der Waals surface area (Å²) in [6.07, 6.45) is 5.25. The summed E-state index contributed by atoms with van der Waals surface area (Å²) in [5, 5.41) is 5.73. The van der Waals surface area contributed by atoms with Crippen molar-refractivity contribution in [3.8, 4) is 0 Å². The van der Waals surface area contributed by atoms with Gasteiger partial charge in [-0.2, -0.15) is 0 Å². The number of hydrogen-bond donors (Lipinski definition) is 1. The topological polar surface area (TPSA) is 15.3 Å². The van der Waals surface area contributed by atoms with E-state index in [1.807, 2.05) is 11.3 Å². The fraction of sp³-hybridized carbons (Fsp3) is 0.750. The quantitative estimate of drug-likeness (QED) is 0.770. The Hall–Kier alpha value is -0.380. The first-order valence-corrected chi connectivity index (χ1v) is 8.55. The summed E-state index contributed by atoms with van der Waals surface area (Å²) >= 11 is 1.86. The number of piperidine rings is 1. The monoisotopic (exact) mass is 280 g/mol. The molecule has 19 heavy (non-hydrogen) atoms. The van der Waals surface area contributed by atoms with Crippen molar-refractivity contribution < 1.29 is 0 Å². The zero-order chi connectivity index (χ0) is 13.6. The van der Waals surface area contributed by atoms with E-state index < -0.39 is 0 Å². The van der Waals surface area contributed by atoms with Crippen LogP contribution in [0.3, 0.4) is 0 Å². The van der Waals surface area contributed by atoms with Gasteiger partial charge < -0.3 is 10.2 Å². The molecule has 0 unspecified atom stereocenters. The van der Waals surface area contributed by atoms with Gasteiger partial charge in [0.25, 0.3) is 0 Å². The van der Waals surface area contributed by atoms with Gasteiger partial charge in [0.05, 0.1) is 0 Å². The van der Waals surface area contributed by atoms with Crippen LogP contribution < -0.4 is 5.32 Å². The maximum atomic E-state index is 3.57. The summed E-state index contributed by atoms with van der Waals surface area (Å²) < 4.78 is 0. The molecule has 1 aromatic heterocycles. The summed E-state index contributed by atoms with van der Waals surface area (Å²) in [6.45, 7) is 10.8. The molecule has 2 heterocycles. The third kappa shape index (κ3) is 4.90. The highest BCUT2D eigenvalue weighted by Crippen LogP contribution is 2.33. The minimum absolute atomic E-state index is 0.614. The van der Waals surface area contributed by atoms with E-state index in [0.29, 0.717) is 5.41 Å². The Morgan fingerprint density at radius 2 is 2.11 bits per heavy atom. The van der Waals surface area contributed by atoms with Crippen LogP contribution in [-0.4, -0.2) is 37.6 Å². The molecule has 0 atom stereocenters. The van der Waals surface area contributed by atoms with Crippen LogP contribution in [0.5, 0.6) is 0 Å². The number of hydrogen-bond acceptors (Lipinski definition) is 3. The second-order valence-corrected chi connectivity index (χ2v) is 7.12. The lowest BCUT2D eigenvalue weighted by atomic mass is 9.78. The van der Waals surface area contributed by atoms with Crippen LogP contribution in [0.2, 0.25) is 0 Å². The fourth-order valence-electron chi connectivity index (χ4n) is 2.70. The first-order valence-electron chi connectivity index (χ1n) is 7.67. The van der Waals surface area contributed by atoms with Gasteiger partial charge in [0.1, 0.15) is 0 Å². The van der Waals surface area contributed by atoms with E-state index in [1.165, 1.54) is 50.2 Å². The van der Waals surface area contributed by atoms with E-state index >= 15 is 0 Å². The van der Waals surface area contributed by atoms with E-state index in [4.69, 9.17) is 0 Å². The Kier molecular flexibility index (Phi) is 5.86. The number of thiophene rings is 1. The SMILES string of the molecule is CCC1(C)CCN(CCNCCc2cccs2)CC1. The highest BCUT2D eigenvalue weighted by molar-refractivity contribution is 7.09. The van der Waals surface area contributed by atoms with Crippen molar-refractivity contribution in [3.05, 3.63) is 22.4 Å². The van der Waals surface area contributed by atoms with Gasteiger partial charge in [-0.1, -0.05) is 26.3 Å². The molecule has 0 radical (unpaired) electrons. The number of likely N-dealkylation sites (tertiary alicyclic amines) is 1. The molecule has 1 aliphatic heterocycles. The van der Waals surface area contributed by atoms with Crippen LogP contribution >= 0.6 is 11.3 Å². The Balaban J connectivity index is 1.52. The van der Waals surface area contributed by atoms with Gasteiger partial charge in [-0.15, -0.1) is 11.3 Å². The average Bonchev–Trinajstić information content (AvgIpc) is 2.94. The number of rotatable bonds is 7. The summed E-state index contributed by atoms with van der Waals surface area (Å²) in [5.41, 5.74) is 0.614. The zero-order valence-corrected chi connectivity index (χ0v) is 13.3. The van der Waals surface area contributed by atoms with Gasteiger partial charge >= 0.3 is 0 Å². The van der Waals surface area contributed by atoms with Crippen molar-refractivity contribution in [1.82, 2.24) is 10.2 Å². The van der Waals surface area contributed by atoms with E-state index in [-0.39, 0.29) is 0 Å². The first kappa shape index (κ1) is 15.0. The molecular weight excluding hydrogens is 252 g/mol. The Bertz CT molecular complexity index is 340. The van der Waals surface area contributed by atoms with Crippen molar-refractivity contribution in [2.45, 2.75) is 39.5 Å². The molecule has 0 aliphatic carbocycles. The van der Waals surface area contributed by atoms with Crippen molar-refractivity contribution >= 4 is 11.3 Å². The van der Waals surface area contributed by atoms with E-state index in [9.17, 15) is 0 Å². The highest BCUT2D eigenvalue weighted by atomic mass is 32.1. The van der Waals surface area contributed by atoms with Crippen LogP contribution in [0.1, 0.15) is 38.0 Å². The molecule has 0 aromatic carbocycles. The predicted octanol–water partition coefficient (Wildman–Crippen LogP) is 3.39. The largest absolute Gasteiger partial charge is 0.315 e. The Morgan fingerprint density at radius 3 is 2.74 bits per heavy atom. The second-order valence-electron chi connectivity index (χ2n) is 6.09. The molecule has 0 saturated carbocycles. The highest BCUT2D eigenvalue weighted by Gasteiger charge is 2.27. The molecule has 2 nitrogen and oxygen atoms in total. The third-order valence-corrected chi connectivity index (χ3v) is 5.59. The number of nitrogens with one attached hydrogen (secondary N) is 1. The number of nitrogens with zero attached hydrogens (tertiary/aromatic N) is 1.